The molecule has 0 aliphatic carbocycles. The Balaban J connectivity index is 1.33. The number of piperidine rings is 1. The average Bonchev–Trinajstić information content (AvgIpc) is 3.39. The zero-order chi connectivity index (χ0) is 22.4. The normalized spacial score (nSPS) is 20.3. The van der Waals surface area contributed by atoms with Gasteiger partial charge in [0.05, 0.1) is 11.4 Å². The summed E-state index contributed by atoms with van der Waals surface area (Å²) in [5, 5.41) is 9.32. The number of nitrogens with zero attached hydrogens (tertiary/aromatic N) is 5. The first kappa shape index (κ1) is 20.2. The van der Waals surface area contributed by atoms with Gasteiger partial charge in [0, 0.05) is 30.4 Å². The van der Waals surface area contributed by atoms with Crippen molar-refractivity contribution < 1.29 is 0 Å². The lowest BCUT2D eigenvalue weighted by Crippen LogP contribution is -2.32. The number of nitrogen functional groups attached to an aromatic ring is 1. The summed E-state index contributed by atoms with van der Waals surface area (Å²) < 4.78 is 2.05. The van der Waals surface area contributed by atoms with E-state index in [-0.39, 0.29) is 6.04 Å². The Bertz CT molecular complexity index is 1290. The van der Waals surface area contributed by atoms with Crippen molar-refractivity contribution in [2.75, 3.05) is 23.7 Å². The van der Waals surface area contributed by atoms with E-state index in [1.165, 1.54) is 23.1 Å². The Morgan fingerprint density at radius 1 is 1.09 bits per heavy atom. The highest BCUT2D eigenvalue weighted by molar-refractivity contribution is 5.98. The lowest BCUT2D eigenvalue weighted by molar-refractivity contribution is 0.354. The zero-order valence-corrected chi connectivity index (χ0v) is 18.9. The third kappa shape index (κ3) is 3.53. The molecule has 2 aromatic carbocycles. The number of para-hydroxylation sites is 1. The molecule has 6 rings (SSSR count). The van der Waals surface area contributed by atoms with Crippen LogP contribution in [-0.4, -0.2) is 38.9 Å². The minimum Gasteiger partial charge on any atom is -0.383 e. The fourth-order valence-corrected chi connectivity index (χ4v) is 5.33. The van der Waals surface area contributed by atoms with Gasteiger partial charge < -0.3 is 16.0 Å². The van der Waals surface area contributed by atoms with Gasteiger partial charge in [-0.25, -0.2) is 14.6 Å². The van der Waals surface area contributed by atoms with Crippen molar-refractivity contribution in [3.05, 3.63) is 66.0 Å². The molecule has 168 valence electrons. The molecule has 2 aliphatic heterocycles. The smallest absolute Gasteiger partial charge is 0.164 e. The van der Waals surface area contributed by atoms with Crippen LogP contribution >= 0.6 is 0 Å². The average molecular weight is 440 g/mol. The van der Waals surface area contributed by atoms with Gasteiger partial charge in [0.15, 0.2) is 5.65 Å². The molecule has 3 N–H and O–H groups in total. The second-order valence-corrected chi connectivity index (χ2v) is 9.26. The van der Waals surface area contributed by atoms with Crippen molar-refractivity contribution in [2.45, 2.75) is 44.8 Å². The fraction of sp³-hybridized carbons (Fsp3) is 0.346. The molecule has 0 amide bonds. The molecule has 0 spiro atoms. The van der Waals surface area contributed by atoms with Gasteiger partial charge in [-0.2, -0.15) is 5.10 Å². The largest absolute Gasteiger partial charge is 0.383 e. The van der Waals surface area contributed by atoms with Crippen molar-refractivity contribution in [3.63, 3.8) is 0 Å². The van der Waals surface area contributed by atoms with E-state index in [9.17, 15) is 0 Å². The van der Waals surface area contributed by atoms with E-state index in [1.54, 1.807) is 0 Å². The van der Waals surface area contributed by atoms with Crippen LogP contribution in [0.3, 0.4) is 0 Å². The number of hydrogen-bond acceptors (Lipinski definition) is 6. The molecule has 1 fully saturated rings. The molecule has 4 heterocycles. The molecule has 7 nitrogen and oxygen atoms in total. The Labute approximate surface area is 193 Å². The van der Waals surface area contributed by atoms with E-state index in [0.29, 0.717) is 11.9 Å². The summed E-state index contributed by atoms with van der Waals surface area (Å²) in [4.78, 5) is 11.3. The highest BCUT2D eigenvalue weighted by Gasteiger charge is 2.26. The van der Waals surface area contributed by atoms with Gasteiger partial charge in [0.25, 0.3) is 0 Å². The third-order valence-corrected chi connectivity index (χ3v) is 7.06. The summed E-state index contributed by atoms with van der Waals surface area (Å²) in [7, 11) is 0. The zero-order valence-electron chi connectivity index (χ0n) is 18.9. The quantitative estimate of drug-likeness (QED) is 0.501. The third-order valence-electron chi connectivity index (χ3n) is 7.06. The van der Waals surface area contributed by atoms with Crippen molar-refractivity contribution in [2.24, 2.45) is 0 Å². The van der Waals surface area contributed by atoms with Crippen LogP contribution in [0.1, 0.15) is 36.9 Å². The maximum absolute atomic E-state index is 6.31. The van der Waals surface area contributed by atoms with Gasteiger partial charge in [-0.3, -0.25) is 0 Å². The SMILES string of the molecule is CC1Cc2ccccc2N1Cc1ccc(-c2nn([C@@H]3CCCNC3)c3ncnc(N)c23)cc1. The highest BCUT2D eigenvalue weighted by atomic mass is 15.3. The Kier molecular flexibility index (Phi) is 4.99. The molecular formula is C26H29N7. The topological polar surface area (TPSA) is 84.9 Å². The molecule has 33 heavy (non-hydrogen) atoms. The lowest BCUT2D eigenvalue weighted by Gasteiger charge is -2.25. The summed E-state index contributed by atoms with van der Waals surface area (Å²) >= 11 is 0. The highest BCUT2D eigenvalue weighted by Crippen LogP contribution is 2.35. The van der Waals surface area contributed by atoms with Crippen molar-refractivity contribution in [3.8, 4) is 11.3 Å². The van der Waals surface area contributed by atoms with Gasteiger partial charge in [-0.05, 0) is 49.9 Å². The maximum atomic E-state index is 6.31. The molecule has 0 saturated carbocycles. The number of aromatic nitrogens is 4. The predicted octanol–water partition coefficient (Wildman–Crippen LogP) is 3.95. The van der Waals surface area contributed by atoms with E-state index in [2.05, 4.69) is 75.6 Å². The number of hydrogen-bond donors (Lipinski definition) is 2. The molecule has 0 bridgehead atoms. The van der Waals surface area contributed by atoms with Crippen molar-refractivity contribution in [1.82, 2.24) is 25.1 Å². The second-order valence-electron chi connectivity index (χ2n) is 9.26. The van der Waals surface area contributed by atoms with Crippen LogP contribution in [0.25, 0.3) is 22.3 Å². The summed E-state index contributed by atoms with van der Waals surface area (Å²) in [5.41, 5.74) is 13.1. The van der Waals surface area contributed by atoms with Crippen LogP contribution in [-0.2, 0) is 13.0 Å². The molecule has 1 unspecified atom stereocenters. The van der Waals surface area contributed by atoms with Gasteiger partial charge in [0.1, 0.15) is 17.8 Å². The van der Waals surface area contributed by atoms with E-state index in [1.807, 2.05) is 4.68 Å². The lowest BCUT2D eigenvalue weighted by atomic mass is 10.1. The van der Waals surface area contributed by atoms with Gasteiger partial charge in [0.2, 0.25) is 0 Å². The number of anilines is 2. The first-order chi connectivity index (χ1) is 16.2. The standard InChI is InChI=1S/C26H29N7/c1-17-13-20-5-2-3-7-22(20)32(17)15-18-8-10-19(11-9-18)24-23-25(27)29-16-30-26(23)33(31-24)21-6-4-12-28-14-21/h2-3,5,7-11,16-17,21,28H,4,6,12-15H2,1H3,(H2,27,29,30)/t17?,21-/m1/s1. The van der Waals surface area contributed by atoms with Gasteiger partial charge >= 0.3 is 0 Å². The van der Waals surface area contributed by atoms with Gasteiger partial charge in [-0.1, -0.05) is 42.5 Å². The van der Waals surface area contributed by atoms with Gasteiger partial charge in [-0.15, -0.1) is 0 Å². The fourth-order valence-electron chi connectivity index (χ4n) is 5.33. The summed E-state index contributed by atoms with van der Waals surface area (Å²) in [6.07, 6.45) is 4.86. The summed E-state index contributed by atoms with van der Waals surface area (Å²) in [5.74, 6) is 0.483. The predicted molar refractivity (Wildman–Crippen MR) is 132 cm³/mol. The van der Waals surface area contributed by atoms with E-state index in [0.717, 1.165) is 61.2 Å². The summed E-state index contributed by atoms with van der Waals surface area (Å²) in [6, 6.07) is 18.2. The Morgan fingerprint density at radius 2 is 1.94 bits per heavy atom. The number of rotatable bonds is 4. The molecule has 2 atom stereocenters. The first-order valence-electron chi connectivity index (χ1n) is 11.8. The monoisotopic (exact) mass is 439 g/mol. The summed E-state index contributed by atoms with van der Waals surface area (Å²) in [6.45, 7) is 5.15. The van der Waals surface area contributed by atoms with Crippen LogP contribution in [0.15, 0.2) is 54.9 Å². The van der Waals surface area contributed by atoms with Crippen LogP contribution in [0.5, 0.6) is 0 Å². The molecule has 2 aromatic heterocycles. The second kappa shape index (κ2) is 8.15. The minimum absolute atomic E-state index is 0.278. The van der Waals surface area contributed by atoms with Crippen molar-refractivity contribution >= 4 is 22.5 Å². The number of nitrogens with one attached hydrogen (secondary N) is 1. The van der Waals surface area contributed by atoms with E-state index in [4.69, 9.17) is 10.8 Å². The molecule has 1 saturated heterocycles. The molecule has 4 aromatic rings. The van der Waals surface area contributed by atoms with Crippen LogP contribution < -0.4 is 16.0 Å². The Morgan fingerprint density at radius 3 is 2.76 bits per heavy atom. The molecule has 2 aliphatic rings. The molecule has 0 radical (unpaired) electrons. The van der Waals surface area contributed by atoms with Crippen LogP contribution in [0.4, 0.5) is 11.5 Å². The molecule has 7 heteroatoms. The number of fused-ring (bicyclic) bond motifs is 2. The maximum Gasteiger partial charge on any atom is 0.164 e. The van der Waals surface area contributed by atoms with Crippen molar-refractivity contribution in [1.29, 1.82) is 0 Å². The van der Waals surface area contributed by atoms with Crippen LogP contribution in [0.2, 0.25) is 0 Å². The van der Waals surface area contributed by atoms with Crippen LogP contribution in [0, 0.1) is 0 Å². The van der Waals surface area contributed by atoms with E-state index < -0.39 is 0 Å². The first-order valence-corrected chi connectivity index (χ1v) is 11.8. The minimum atomic E-state index is 0.278. The number of nitrogens with two attached hydrogens (primary N) is 1. The van der Waals surface area contributed by atoms with E-state index >= 15 is 0 Å². The Hall–Kier alpha value is -3.45. The number of benzene rings is 2. The molecular weight excluding hydrogens is 410 g/mol.